The van der Waals surface area contributed by atoms with Gasteiger partial charge >= 0.3 is 0 Å². The van der Waals surface area contributed by atoms with E-state index in [1.807, 2.05) is 33.2 Å². The van der Waals surface area contributed by atoms with E-state index in [1.165, 1.54) is 17.0 Å². The maximum absolute atomic E-state index is 13.0. The first-order valence-electron chi connectivity index (χ1n) is 11.8. The molecule has 0 saturated carbocycles. The summed E-state index contributed by atoms with van der Waals surface area (Å²) >= 11 is 1.35. The molecule has 1 aromatic heterocycles. The van der Waals surface area contributed by atoms with E-state index < -0.39 is 10.0 Å². The molecule has 0 radical (unpaired) electrons. The third-order valence-electron chi connectivity index (χ3n) is 6.39. The number of para-hydroxylation sites is 1. The summed E-state index contributed by atoms with van der Waals surface area (Å²) in [5.41, 5.74) is 3.49. The largest absolute Gasteiger partial charge is 0.378 e. The van der Waals surface area contributed by atoms with Crippen molar-refractivity contribution in [3.8, 4) is 0 Å². The fraction of sp³-hybridized carbons (Fsp3) is 0.385. The first kappa shape index (κ1) is 24.7. The van der Waals surface area contributed by atoms with E-state index in [-0.39, 0.29) is 6.04 Å². The Morgan fingerprint density at radius 1 is 0.941 bits per heavy atom. The van der Waals surface area contributed by atoms with Gasteiger partial charge in [-0.15, -0.1) is 11.3 Å². The van der Waals surface area contributed by atoms with Crippen molar-refractivity contribution in [1.29, 1.82) is 0 Å². The number of anilines is 2. The molecule has 3 aromatic rings. The second-order valence-electron chi connectivity index (χ2n) is 8.79. The van der Waals surface area contributed by atoms with Gasteiger partial charge in [-0.3, -0.25) is 4.90 Å². The van der Waals surface area contributed by atoms with Crippen LogP contribution in [0.1, 0.15) is 23.4 Å². The Morgan fingerprint density at radius 2 is 1.62 bits per heavy atom. The molecule has 0 unspecified atom stereocenters. The summed E-state index contributed by atoms with van der Waals surface area (Å²) in [7, 11) is 0.502. The summed E-state index contributed by atoms with van der Waals surface area (Å²) < 4.78 is 29.3. The lowest BCUT2D eigenvalue weighted by molar-refractivity contribution is 0.187. The monoisotopic (exact) mass is 498 g/mol. The van der Waals surface area contributed by atoms with Crippen molar-refractivity contribution in [2.75, 3.05) is 56.6 Å². The van der Waals surface area contributed by atoms with Crippen LogP contribution in [0.3, 0.4) is 0 Å². The number of hydrogen-bond donors (Lipinski definition) is 1. The highest BCUT2D eigenvalue weighted by Gasteiger charge is 2.27. The van der Waals surface area contributed by atoms with E-state index in [1.54, 1.807) is 6.07 Å². The van der Waals surface area contributed by atoms with Gasteiger partial charge in [-0.25, -0.2) is 13.1 Å². The number of rotatable bonds is 9. The standard InChI is InChI=1S/C26H34N4O2S2/c1-4-24-14-15-26(33-24)34(31,32)27-20-25(21-10-12-22(13-11-21)28(2)3)30-18-16-29(17-19-30)23-8-6-5-7-9-23/h5-15,25,27H,4,16-20H2,1-3H3/t25-/m0/s1. The van der Waals surface area contributed by atoms with Crippen molar-refractivity contribution in [2.24, 2.45) is 0 Å². The van der Waals surface area contributed by atoms with Gasteiger partial charge in [0.15, 0.2) is 0 Å². The Morgan fingerprint density at radius 3 is 2.21 bits per heavy atom. The van der Waals surface area contributed by atoms with Gasteiger partial charge in [0.1, 0.15) is 4.21 Å². The first-order chi connectivity index (χ1) is 16.4. The van der Waals surface area contributed by atoms with Gasteiger partial charge in [0.25, 0.3) is 0 Å². The lowest BCUT2D eigenvalue weighted by Crippen LogP contribution is -2.49. The summed E-state index contributed by atoms with van der Waals surface area (Å²) in [6.45, 7) is 5.94. The minimum Gasteiger partial charge on any atom is -0.378 e. The molecule has 8 heteroatoms. The van der Waals surface area contributed by atoms with Crippen LogP contribution >= 0.6 is 11.3 Å². The van der Waals surface area contributed by atoms with E-state index in [4.69, 9.17) is 0 Å². The van der Waals surface area contributed by atoms with Crippen molar-refractivity contribution in [3.05, 3.63) is 77.2 Å². The number of aryl methyl sites for hydroxylation is 1. The van der Waals surface area contributed by atoms with E-state index in [0.29, 0.717) is 10.8 Å². The summed E-state index contributed by atoms with van der Waals surface area (Å²) in [5, 5.41) is 0. The number of piperazine rings is 1. The Kier molecular flexibility index (Phi) is 7.93. The van der Waals surface area contributed by atoms with Crippen molar-refractivity contribution < 1.29 is 8.42 Å². The third-order valence-corrected chi connectivity index (χ3v) is 9.53. The summed E-state index contributed by atoms with van der Waals surface area (Å²) in [6, 6.07) is 22.5. The lowest BCUT2D eigenvalue weighted by Gasteiger charge is -2.40. The maximum atomic E-state index is 13.0. The molecule has 1 N–H and O–H groups in total. The minimum atomic E-state index is -3.54. The van der Waals surface area contributed by atoms with Gasteiger partial charge in [0.2, 0.25) is 10.0 Å². The Balaban J connectivity index is 1.51. The highest BCUT2D eigenvalue weighted by Crippen LogP contribution is 2.27. The second kappa shape index (κ2) is 10.9. The van der Waals surface area contributed by atoms with Crippen LogP contribution in [0.25, 0.3) is 0 Å². The van der Waals surface area contributed by atoms with Crippen molar-refractivity contribution >= 4 is 32.7 Å². The average Bonchev–Trinajstić information content (AvgIpc) is 3.36. The zero-order chi connectivity index (χ0) is 24.1. The van der Waals surface area contributed by atoms with Crippen molar-refractivity contribution in [2.45, 2.75) is 23.6 Å². The van der Waals surface area contributed by atoms with Crippen molar-refractivity contribution in [3.63, 3.8) is 0 Å². The number of thiophene rings is 1. The van der Waals surface area contributed by atoms with Crippen molar-refractivity contribution in [1.82, 2.24) is 9.62 Å². The molecular formula is C26H34N4O2S2. The van der Waals surface area contributed by atoms with Crippen LogP contribution in [-0.4, -0.2) is 60.1 Å². The predicted molar refractivity (Wildman–Crippen MR) is 143 cm³/mol. The Hall–Kier alpha value is -2.39. The third kappa shape index (κ3) is 5.81. The first-order valence-corrected chi connectivity index (χ1v) is 14.1. The molecule has 1 aliphatic heterocycles. The van der Waals surface area contributed by atoms with Gasteiger partial charge in [-0.2, -0.15) is 0 Å². The molecule has 1 saturated heterocycles. The summed E-state index contributed by atoms with van der Waals surface area (Å²) in [4.78, 5) is 7.94. The summed E-state index contributed by atoms with van der Waals surface area (Å²) in [6.07, 6.45) is 0.840. The molecule has 1 atom stereocenters. The highest BCUT2D eigenvalue weighted by molar-refractivity contribution is 7.91. The molecule has 0 aliphatic carbocycles. The van der Waals surface area contributed by atoms with E-state index in [0.717, 1.165) is 48.7 Å². The molecular weight excluding hydrogens is 464 g/mol. The molecule has 2 heterocycles. The normalized spacial score (nSPS) is 15.9. The molecule has 182 valence electrons. The van der Waals surface area contributed by atoms with Crippen LogP contribution in [-0.2, 0) is 16.4 Å². The molecule has 34 heavy (non-hydrogen) atoms. The zero-order valence-electron chi connectivity index (χ0n) is 20.1. The summed E-state index contributed by atoms with van der Waals surface area (Å²) in [5.74, 6) is 0. The highest BCUT2D eigenvalue weighted by atomic mass is 32.2. The van der Waals surface area contributed by atoms with Gasteiger partial charge in [0.05, 0.1) is 0 Å². The molecule has 4 rings (SSSR count). The fourth-order valence-corrected chi connectivity index (χ4v) is 6.71. The number of benzene rings is 2. The number of sulfonamides is 1. The van der Waals surface area contributed by atoms with E-state index >= 15 is 0 Å². The zero-order valence-corrected chi connectivity index (χ0v) is 21.8. The number of hydrogen-bond acceptors (Lipinski definition) is 6. The molecule has 0 bridgehead atoms. The Bertz CT molecular complexity index is 1150. The van der Waals surface area contributed by atoms with Gasteiger partial charge in [-0.05, 0) is 48.4 Å². The van der Waals surface area contributed by atoms with Crippen LogP contribution < -0.4 is 14.5 Å². The molecule has 1 fully saturated rings. The fourth-order valence-electron chi connectivity index (χ4n) is 4.34. The van der Waals surface area contributed by atoms with E-state index in [2.05, 4.69) is 68.0 Å². The van der Waals surface area contributed by atoms with Gasteiger partial charge in [-0.1, -0.05) is 37.3 Å². The molecule has 6 nitrogen and oxygen atoms in total. The van der Waals surface area contributed by atoms with Crippen LogP contribution in [0.15, 0.2) is 70.9 Å². The molecule has 0 amide bonds. The molecule has 1 aliphatic rings. The van der Waals surface area contributed by atoms with Gasteiger partial charge < -0.3 is 9.80 Å². The lowest BCUT2D eigenvalue weighted by atomic mass is 10.0. The topological polar surface area (TPSA) is 55.9 Å². The maximum Gasteiger partial charge on any atom is 0.250 e. The second-order valence-corrected chi connectivity index (χ2v) is 11.9. The predicted octanol–water partition coefficient (Wildman–Crippen LogP) is 4.22. The average molecular weight is 499 g/mol. The van der Waals surface area contributed by atoms with Crippen LogP contribution in [0.2, 0.25) is 0 Å². The van der Waals surface area contributed by atoms with Crippen LogP contribution in [0.5, 0.6) is 0 Å². The number of nitrogens with one attached hydrogen (secondary N) is 1. The smallest absolute Gasteiger partial charge is 0.250 e. The van der Waals surface area contributed by atoms with Crippen LogP contribution in [0.4, 0.5) is 11.4 Å². The van der Waals surface area contributed by atoms with Crippen LogP contribution in [0, 0.1) is 0 Å². The van der Waals surface area contributed by atoms with Gasteiger partial charge in [0, 0.05) is 69.1 Å². The minimum absolute atomic E-state index is 0.0329. The van der Waals surface area contributed by atoms with E-state index in [9.17, 15) is 8.42 Å². The SMILES string of the molecule is CCc1ccc(S(=O)(=O)NC[C@@H](c2ccc(N(C)C)cc2)N2CCN(c3ccccc3)CC2)s1. The Labute approximate surface area is 207 Å². The molecule has 2 aromatic carbocycles. The number of nitrogens with zero attached hydrogens (tertiary/aromatic N) is 3. The molecule has 0 spiro atoms. The quantitative estimate of drug-likeness (QED) is 0.479.